The molecule has 0 radical (unpaired) electrons. The molecule has 1 aromatic rings. The minimum absolute atomic E-state index is 0.0384. The van der Waals surface area contributed by atoms with Gasteiger partial charge in [0.15, 0.2) is 0 Å². The van der Waals surface area contributed by atoms with E-state index in [1.165, 1.54) is 6.92 Å². The summed E-state index contributed by atoms with van der Waals surface area (Å²) in [5.74, 6) is -6.82. The number of ether oxygens (including phenoxy) is 1. The van der Waals surface area contributed by atoms with Gasteiger partial charge < -0.3 is 25.2 Å². The molecule has 10 heteroatoms. The van der Waals surface area contributed by atoms with Gasteiger partial charge in [-0.2, -0.15) is 22.0 Å². The zero-order valence-corrected chi connectivity index (χ0v) is 24.5. The summed E-state index contributed by atoms with van der Waals surface area (Å²) in [7, 11) is 0. The third-order valence-electron chi connectivity index (χ3n) is 11.1. The molecule has 4 N–H and O–H groups in total. The van der Waals surface area contributed by atoms with Crippen molar-refractivity contribution < 1.29 is 47.1 Å². The van der Waals surface area contributed by atoms with Gasteiger partial charge in [0.1, 0.15) is 5.60 Å². The van der Waals surface area contributed by atoms with Crippen LogP contribution in [0, 0.1) is 22.7 Å². The number of hydrogen-bond donors (Lipinski definition) is 4. The standard InChI is InChI=1S/C32H43F5O5/c1-27(2,17-39)18-42-21-8-9-25-26-22(10-12-29(25,40)14-21)24-11-13-30(41,31(33,34)32(35,36)37)28(24,3)15-23(26)20-6-4-19(16-38)5-7-20/h4-7,21-24,38-41H,8-18H2,1-3H3/t21-,22?,23+,24?,28?,29+,30-/m0/s1. The summed E-state index contributed by atoms with van der Waals surface area (Å²) in [6.07, 6.45) is -4.67. The molecule has 0 heterocycles. The zero-order valence-electron chi connectivity index (χ0n) is 24.5. The Morgan fingerprint density at radius 3 is 2.19 bits per heavy atom. The highest BCUT2D eigenvalue weighted by atomic mass is 19.4. The van der Waals surface area contributed by atoms with E-state index >= 15 is 8.78 Å². The van der Waals surface area contributed by atoms with Crippen molar-refractivity contribution in [2.24, 2.45) is 22.7 Å². The van der Waals surface area contributed by atoms with Crippen LogP contribution < -0.4 is 0 Å². The Balaban J connectivity index is 1.57. The lowest BCUT2D eigenvalue weighted by Gasteiger charge is -2.58. The number of alkyl halides is 5. The van der Waals surface area contributed by atoms with E-state index in [0.29, 0.717) is 49.8 Å². The van der Waals surface area contributed by atoms with Crippen LogP contribution in [0.5, 0.6) is 0 Å². The summed E-state index contributed by atoms with van der Waals surface area (Å²) in [5, 5.41) is 42.6. The van der Waals surface area contributed by atoms with E-state index < -0.39 is 52.4 Å². The maximum Gasteiger partial charge on any atom is 0.456 e. The summed E-state index contributed by atoms with van der Waals surface area (Å²) >= 11 is 0. The van der Waals surface area contributed by atoms with Crippen molar-refractivity contribution in [2.45, 2.75) is 114 Å². The first-order chi connectivity index (χ1) is 19.4. The monoisotopic (exact) mass is 602 g/mol. The fraction of sp³-hybridized carbons (Fsp3) is 0.750. The molecular formula is C32H43F5O5. The van der Waals surface area contributed by atoms with E-state index in [1.807, 2.05) is 13.8 Å². The third-order valence-corrected chi connectivity index (χ3v) is 11.1. The second-order valence-corrected chi connectivity index (χ2v) is 14.3. The van der Waals surface area contributed by atoms with Gasteiger partial charge in [-0.3, -0.25) is 0 Å². The van der Waals surface area contributed by atoms with E-state index in [4.69, 9.17) is 4.74 Å². The largest absolute Gasteiger partial charge is 0.456 e. The molecule has 0 amide bonds. The van der Waals surface area contributed by atoms with Gasteiger partial charge in [-0.05, 0) is 73.5 Å². The van der Waals surface area contributed by atoms with E-state index in [0.717, 1.165) is 11.1 Å². The van der Waals surface area contributed by atoms with Crippen LogP contribution >= 0.6 is 0 Å². The molecular weight excluding hydrogens is 559 g/mol. The number of aliphatic hydroxyl groups excluding tert-OH is 2. The van der Waals surface area contributed by atoms with E-state index in [-0.39, 0.29) is 38.1 Å². The van der Waals surface area contributed by atoms with Crippen LogP contribution in [0.4, 0.5) is 22.0 Å². The fourth-order valence-electron chi connectivity index (χ4n) is 8.67. The highest BCUT2D eigenvalue weighted by Crippen LogP contribution is 2.71. The summed E-state index contributed by atoms with van der Waals surface area (Å²) in [6, 6.07) is 6.94. The van der Waals surface area contributed by atoms with Crippen LogP contribution in [-0.4, -0.2) is 63.0 Å². The number of hydrogen-bond acceptors (Lipinski definition) is 5. The van der Waals surface area contributed by atoms with Crippen LogP contribution in [0.3, 0.4) is 0 Å². The molecule has 3 saturated carbocycles. The highest BCUT2D eigenvalue weighted by molar-refractivity contribution is 5.44. The number of fused-ring (bicyclic) bond motifs is 4. The Morgan fingerprint density at radius 2 is 1.60 bits per heavy atom. The van der Waals surface area contributed by atoms with Crippen LogP contribution in [-0.2, 0) is 11.3 Å². The van der Waals surface area contributed by atoms with E-state index in [9.17, 15) is 33.6 Å². The highest BCUT2D eigenvalue weighted by Gasteiger charge is 2.79. The molecule has 0 spiro atoms. The summed E-state index contributed by atoms with van der Waals surface area (Å²) in [6.45, 7) is 5.25. The molecule has 4 aliphatic rings. The van der Waals surface area contributed by atoms with Gasteiger partial charge in [0.05, 0.1) is 31.5 Å². The molecule has 5 nitrogen and oxygen atoms in total. The Morgan fingerprint density at radius 1 is 0.929 bits per heavy atom. The average Bonchev–Trinajstić information content (AvgIpc) is 3.21. The van der Waals surface area contributed by atoms with E-state index in [1.54, 1.807) is 24.3 Å². The molecule has 0 aliphatic heterocycles. The van der Waals surface area contributed by atoms with Crippen LogP contribution in [0.15, 0.2) is 35.4 Å². The second-order valence-electron chi connectivity index (χ2n) is 14.3. The Kier molecular flexibility index (Phi) is 7.96. The van der Waals surface area contributed by atoms with Crippen LogP contribution in [0.1, 0.15) is 89.2 Å². The Labute approximate surface area is 243 Å². The minimum Gasteiger partial charge on any atom is -0.396 e. The number of allylic oxidation sites excluding steroid dienone is 1. The van der Waals surface area contributed by atoms with Gasteiger partial charge >= 0.3 is 12.1 Å². The molecule has 7 atom stereocenters. The Hall–Kier alpha value is -1.59. The number of rotatable bonds is 7. The zero-order chi connectivity index (χ0) is 30.9. The lowest BCUT2D eigenvalue weighted by atomic mass is 9.49. The lowest BCUT2D eigenvalue weighted by Crippen LogP contribution is -2.65. The molecule has 1 aromatic carbocycles. The fourth-order valence-corrected chi connectivity index (χ4v) is 8.67. The molecule has 3 unspecified atom stereocenters. The predicted molar refractivity (Wildman–Crippen MR) is 146 cm³/mol. The van der Waals surface area contributed by atoms with Crippen molar-refractivity contribution in [3.8, 4) is 0 Å². The molecule has 5 rings (SSSR count). The van der Waals surface area contributed by atoms with E-state index in [2.05, 4.69) is 0 Å². The van der Waals surface area contributed by atoms with Crippen LogP contribution in [0.25, 0.3) is 0 Å². The van der Waals surface area contributed by atoms with Gasteiger partial charge in [-0.25, -0.2) is 0 Å². The van der Waals surface area contributed by atoms with Crippen molar-refractivity contribution in [3.63, 3.8) is 0 Å². The topological polar surface area (TPSA) is 90.2 Å². The molecule has 42 heavy (non-hydrogen) atoms. The van der Waals surface area contributed by atoms with Crippen molar-refractivity contribution in [1.29, 1.82) is 0 Å². The van der Waals surface area contributed by atoms with Gasteiger partial charge in [-0.15, -0.1) is 0 Å². The van der Waals surface area contributed by atoms with Gasteiger partial charge in [0, 0.05) is 23.2 Å². The first-order valence-corrected chi connectivity index (χ1v) is 15.0. The van der Waals surface area contributed by atoms with Gasteiger partial charge in [-0.1, -0.05) is 50.6 Å². The van der Waals surface area contributed by atoms with Crippen molar-refractivity contribution in [1.82, 2.24) is 0 Å². The summed E-state index contributed by atoms with van der Waals surface area (Å²) in [5.41, 5.74) is -3.54. The normalized spacial score (nSPS) is 37.3. The average molecular weight is 603 g/mol. The minimum atomic E-state index is -5.90. The quantitative estimate of drug-likeness (QED) is 0.226. The van der Waals surface area contributed by atoms with Gasteiger partial charge in [0.2, 0.25) is 0 Å². The Bertz CT molecular complexity index is 1200. The maximum absolute atomic E-state index is 15.2. The lowest BCUT2D eigenvalue weighted by molar-refractivity contribution is -0.362. The van der Waals surface area contributed by atoms with Crippen molar-refractivity contribution in [3.05, 3.63) is 46.5 Å². The van der Waals surface area contributed by atoms with Crippen LogP contribution in [0.2, 0.25) is 0 Å². The summed E-state index contributed by atoms with van der Waals surface area (Å²) in [4.78, 5) is 0. The van der Waals surface area contributed by atoms with Crippen molar-refractivity contribution >= 4 is 0 Å². The number of benzene rings is 1. The first-order valence-electron chi connectivity index (χ1n) is 15.0. The molecule has 0 saturated heterocycles. The molecule has 0 aromatic heterocycles. The molecule has 4 aliphatic carbocycles. The summed E-state index contributed by atoms with van der Waals surface area (Å²) < 4.78 is 77.7. The first kappa shape index (κ1) is 31.8. The molecule has 236 valence electrons. The maximum atomic E-state index is 15.2. The second kappa shape index (κ2) is 10.5. The number of halogens is 5. The van der Waals surface area contributed by atoms with Gasteiger partial charge in [0.25, 0.3) is 0 Å². The molecule has 3 fully saturated rings. The smallest absolute Gasteiger partial charge is 0.396 e. The third kappa shape index (κ3) is 4.84. The SMILES string of the molecule is CC(C)(CO)CO[C@H]1CCC2=C3C(CC[C@@]2(O)C1)C1CC[C@@](O)(C(F)(F)C(F)(F)F)C1(C)C[C@@H]3c1ccc(CO)cc1. The molecule has 0 bridgehead atoms. The van der Waals surface area contributed by atoms with Crippen molar-refractivity contribution in [2.75, 3.05) is 13.2 Å². The number of aliphatic hydroxyl groups is 4. The predicted octanol–water partition coefficient (Wildman–Crippen LogP) is 6.04.